The minimum Gasteiger partial charge on any atom is -0.480 e. The van der Waals surface area contributed by atoms with Gasteiger partial charge in [0.2, 0.25) is 23.6 Å². The zero-order valence-electron chi connectivity index (χ0n) is 25.4. The molecule has 1 fully saturated rings. The molecule has 0 aromatic heterocycles. The molecule has 2 rings (SSSR count). The van der Waals surface area contributed by atoms with Gasteiger partial charge < -0.3 is 26.0 Å². The van der Waals surface area contributed by atoms with E-state index in [1.807, 2.05) is 6.07 Å². The lowest BCUT2D eigenvalue weighted by Crippen LogP contribution is -2.55. The Balaban J connectivity index is 1.68. The van der Waals surface area contributed by atoms with Crippen molar-refractivity contribution in [2.45, 2.75) is 122 Å². The van der Waals surface area contributed by atoms with Gasteiger partial charge in [-0.1, -0.05) is 88.6 Å². The monoisotopic (exact) mass is 586 g/mol. The summed E-state index contributed by atoms with van der Waals surface area (Å²) >= 11 is 0. The van der Waals surface area contributed by atoms with Crippen molar-refractivity contribution in [2.75, 3.05) is 13.1 Å². The van der Waals surface area contributed by atoms with Crippen LogP contribution in [0, 0.1) is 0 Å². The molecule has 42 heavy (non-hydrogen) atoms. The number of nitrogens with zero attached hydrogens (tertiary/aromatic N) is 1. The van der Waals surface area contributed by atoms with Gasteiger partial charge in [0.1, 0.15) is 18.1 Å². The molecule has 0 spiro atoms. The van der Waals surface area contributed by atoms with Crippen LogP contribution in [0.1, 0.15) is 103 Å². The van der Waals surface area contributed by atoms with Crippen molar-refractivity contribution in [1.29, 1.82) is 0 Å². The van der Waals surface area contributed by atoms with Crippen LogP contribution in [0.5, 0.6) is 0 Å². The number of rotatable bonds is 20. The molecule has 1 heterocycles. The Morgan fingerprint density at radius 1 is 0.881 bits per heavy atom. The second kappa shape index (κ2) is 19.6. The minimum absolute atomic E-state index is 0.0464. The Kier molecular flexibility index (Phi) is 16.3. The Morgan fingerprint density at radius 3 is 2.17 bits per heavy atom. The highest BCUT2D eigenvalue weighted by atomic mass is 16.4. The molecule has 0 saturated carbocycles. The predicted octanol–water partition coefficient (Wildman–Crippen LogP) is 3.72. The van der Waals surface area contributed by atoms with Crippen molar-refractivity contribution in [1.82, 2.24) is 20.9 Å². The summed E-state index contributed by atoms with van der Waals surface area (Å²) in [4.78, 5) is 63.8. The van der Waals surface area contributed by atoms with E-state index in [1.54, 1.807) is 31.2 Å². The number of carboxylic acids is 1. The van der Waals surface area contributed by atoms with E-state index in [2.05, 4.69) is 22.9 Å². The third-order valence-corrected chi connectivity index (χ3v) is 7.67. The fourth-order valence-corrected chi connectivity index (χ4v) is 5.25. The smallest absolute Gasteiger partial charge is 0.326 e. The number of unbranched alkanes of at least 4 members (excludes halogenated alkanes) is 8. The van der Waals surface area contributed by atoms with Gasteiger partial charge in [-0.3, -0.25) is 19.2 Å². The summed E-state index contributed by atoms with van der Waals surface area (Å²) in [5, 5.41) is 17.6. The average Bonchev–Trinajstić information content (AvgIpc) is 3.46. The first-order valence-corrected chi connectivity index (χ1v) is 15.7. The van der Waals surface area contributed by atoms with Gasteiger partial charge in [0.15, 0.2) is 0 Å². The standard InChI is InChI=1S/C32H50N4O6/c1-3-4-5-6-7-8-9-10-14-19-28(37)33-21-20-29(38)34-24(2)31(40)36-22-15-18-27(36)30(39)35-26(32(41)42)23-25-16-12-11-13-17-25/h11-13,16-17,24,26-27H,3-10,14-15,18-23H2,1-2H3,(H,33,37)(H,34,38)(H,35,39)(H,41,42)/t24-,26-,27-/m0/s1. The minimum atomic E-state index is -1.15. The van der Waals surface area contributed by atoms with E-state index >= 15 is 0 Å². The predicted molar refractivity (Wildman–Crippen MR) is 162 cm³/mol. The second-order valence-electron chi connectivity index (χ2n) is 11.2. The normalized spacial score (nSPS) is 16.0. The summed E-state index contributed by atoms with van der Waals surface area (Å²) in [6.45, 7) is 4.31. The van der Waals surface area contributed by atoms with Crippen molar-refractivity contribution < 1.29 is 29.1 Å². The quantitative estimate of drug-likeness (QED) is 0.171. The molecule has 0 bridgehead atoms. The molecule has 0 aliphatic carbocycles. The van der Waals surface area contributed by atoms with Crippen LogP contribution in [0.3, 0.4) is 0 Å². The third-order valence-electron chi connectivity index (χ3n) is 7.67. The molecule has 1 aromatic rings. The molecule has 234 valence electrons. The number of nitrogens with one attached hydrogen (secondary N) is 3. The van der Waals surface area contributed by atoms with Crippen LogP contribution in [0.2, 0.25) is 0 Å². The molecule has 1 aliphatic rings. The van der Waals surface area contributed by atoms with Crippen molar-refractivity contribution in [3.8, 4) is 0 Å². The van der Waals surface area contributed by atoms with Crippen molar-refractivity contribution in [3.63, 3.8) is 0 Å². The number of carboxylic acid groups (broad SMARTS) is 1. The first-order chi connectivity index (χ1) is 20.2. The average molecular weight is 587 g/mol. The fraction of sp³-hybridized carbons (Fsp3) is 0.656. The van der Waals surface area contributed by atoms with Gasteiger partial charge in [-0.25, -0.2) is 4.79 Å². The summed E-state index contributed by atoms with van der Waals surface area (Å²) in [5.41, 5.74) is 0.778. The third kappa shape index (κ3) is 13.0. The molecule has 0 unspecified atom stereocenters. The fourth-order valence-electron chi connectivity index (χ4n) is 5.25. The Morgan fingerprint density at radius 2 is 1.52 bits per heavy atom. The molecule has 4 amide bonds. The molecular formula is C32H50N4O6. The SMILES string of the molecule is CCCCCCCCCCCC(=O)NCCC(=O)N[C@@H](C)C(=O)N1CCC[C@H]1C(=O)N[C@@H](Cc1ccccc1)C(=O)O. The van der Waals surface area contributed by atoms with Gasteiger partial charge in [0.25, 0.3) is 0 Å². The first-order valence-electron chi connectivity index (χ1n) is 15.7. The lowest BCUT2D eigenvalue weighted by atomic mass is 10.1. The zero-order valence-corrected chi connectivity index (χ0v) is 25.4. The number of carbonyl (C=O) groups excluding carboxylic acids is 4. The molecular weight excluding hydrogens is 536 g/mol. The van der Waals surface area contributed by atoms with Crippen LogP contribution in [-0.4, -0.2) is 70.8 Å². The number of aliphatic carboxylic acids is 1. The number of hydrogen-bond acceptors (Lipinski definition) is 5. The van der Waals surface area contributed by atoms with Crippen molar-refractivity contribution in [3.05, 3.63) is 35.9 Å². The van der Waals surface area contributed by atoms with Gasteiger partial charge in [-0.05, 0) is 31.7 Å². The number of carbonyl (C=O) groups is 5. The van der Waals surface area contributed by atoms with E-state index in [9.17, 15) is 29.1 Å². The van der Waals surface area contributed by atoms with E-state index in [0.29, 0.717) is 25.8 Å². The van der Waals surface area contributed by atoms with E-state index in [4.69, 9.17) is 0 Å². The Labute approximate surface area is 250 Å². The zero-order chi connectivity index (χ0) is 30.7. The van der Waals surface area contributed by atoms with E-state index in [1.165, 1.54) is 43.4 Å². The highest BCUT2D eigenvalue weighted by Crippen LogP contribution is 2.19. The summed E-state index contributed by atoms with van der Waals surface area (Å²) in [5.74, 6) is -2.51. The van der Waals surface area contributed by atoms with Crippen molar-refractivity contribution >= 4 is 29.6 Å². The second-order valence-corrected chi connectivity index (χ2v) is 11.2. The maximum atomic E-state index is 13.1. The van der Waals surface area contributed by atoms with E-state index in [-0.39, 0.29) is 31.2 Å². The molecule has 4 N–H and O–H groups in total. The number of hydrogen-bond donors (Lipinski definition) is 4. The van der Waals surface area contributed by atoms with Crippen LogP contribution >= 0.6 is 0 Å². The molecule has 1 aliphatic heterocycles. The van der Waals surface area contributed by atoms with Gasteiger partial charge in [0.05, 0.1) is 0 Å². The van der Waals surface area contributed by atoms with Crippen LogP contribution in [0.25, 0.3) is 0 Å². The van der Waals surface area contributed by atoms with E-state index < -0.39 is 35.9 Å². The van der Waals surface area contributed by atoms with Crippen LogP contribution < -0.4 is 16.0 Å². The van der Waals surface area contributed by atoms with Gasteiger partial charge in [-0.15, -0.1) is 0 Å². The largest absolute Gasteiger partial charge is 0.480 e. The molecule has 1 saturated heterocycles. The molecule has 10 nitrogen and oxygen atoms in total. The van der Waals surface area contributed by atoms with E-state index in [0.717, 1.165) is 24.8 Å². The maximum Gasteiger partial charge on any atom is 0.326 e. The number of benzene rings is 1. The van der Waals surface area contributed by atoms with Crippen LogP contribution in [0.15, 0.2) is 30.3 Å². The summed E-state index contributed by atoms with van der Waals surface area (Å²) in [6.07, 6.45) is 12.3. The molecule has 0 radical (unpaired) electrons. The highest BCUT2D eigenvalue weighted by Gasteiger charge is 2.37. The van der Waals surface area contributed by atoms with Gasteiger partial charge in [0, 0.05) is 32.4 Å². The summed E-state index contributed by atoms with van der Waals surface area (Å²) in [6, 6.07) is 6.24. The van der Waals surface area contributed by atoms with Gasteiger partial charge in [-0.2, -0.15) is 0 Å². The summed E-state index contributed by atoms with van der Waals surface area (Å²) in [7, 11) is 0. The summed E-state index contributed by atoms with van der Waals surface area (Å²) < 4.78 is 0. The molecule has 3 atom stereocenters. The maximum absolute atomic E-state index is 13.1. The Hall–Kier alpha value is -3.43. The van der Waals surface area contributed by atoms with Crippen LogP contribution in [-0.2, 0) is 30.4 Å². The molecule has 1 aromatic carbocycles. The Bertz CT molecular complexity index is 1000. The van der Waals surface area contributed by atoms with Crippen LogP contribution in [0.4, 0.5) is 0 Å². The lowest BCUT2D eigenvalue weighted by molar-refractivity contribution is -0.144. The van der Waals surface area contributed by atoms with Crippen molar-refractivity contribution in [2.24, 2.45) is 0 Å². The lowest BCUT2D eigenvalue weighted by Gasteiger charge is -2.28. The number of amides is 4. The highest BCUT2D eigenvalue weighted by molar-refractivity contribution is 5.93. The first kappa shape index (κ1) is 34.8. The topological polar surface area (TPSA) is 145 Å². The van der Waals surface area contributed by atoms with Gasteiger partial charge >= 0.3 is 5.97 Å². The number of likely N-dealkylation sites (tertiary alicyclic amines) is 1. The molecule has 10 heteroatoms.